The summed E-state index contributed by atoms with van der Waals surface area (Å²) < 4.78 is 10.3. The first-order valence-electron chi connectivity index (χ1n) is 6.73. The summed E-state index contributed by atoms with van der Waals surface area (Å²) in [7, 11) is 1.67. The van der Waals surface area contributed by atoms with Gasteiger partial charge in [-0.05, 0) is 31.7 Å². The number of rotatable bonds is 9. The van der Waals surface area contributed by atoms with Crippen molar-refractivity contribution in [2.75, 3.05) is 46.6 Å². The molecule has 0 aliphatic carbocycles. The lowest BCUT2D eigenvalue weighted by atomic mass is 9.95. The number of carboxylic acids is 1. The molecule has 1 aliphatic rings. The van der Waals surface area contributed by atoms with Crippen molar-refractivity contribution in [2.24, 2.45) is 5.92 Å². The smallest absolute Gasteiger partial charge is 0.303 e. The van der Waals surface area contributed by atoms with Crippen molar-refractivity contribution in [3.8, 4) is 0 Å². The average Bonchev–Trinajstić information content (AvgIpc) is 2.33. The Balaban J connectivity index is 2.05. The van der Waals surface area contributed by atoms with E-state index in [4.69, 9.17) is 14.6 Å². The van der Waals surface area contributed by atoms with Crippen LogP contribution < -0.4 is 0 Å². The Bertz CT molecular complexity index is 235. The fraction of sp³-hybridized carbons (Fsp3) is 0.923. The highest BCUT2D eigenvalue weighted by atomic mass is 16.5. The molecule has 106 valence electrons. The number of hydrogen-bond acceptors (Lipinski definition) is 4. The van der Waals surface area contributed by atoms with Gasteiger partial charge in [0.05, 0.1) is 13.2 Å². The maximum atomic E-state index is 10.7. The summed E-state index contributed by atoms with van der Waals surface area (Å²) in [6, 6.07) is 0. The summed E-state index contributed by atoms with van der Waals surface area (Å²) in [5.74, 6) is -0.351. The maximum Gasteiger partial charge on any atom is 0.303 e. The van der Waals surface area contributed by atoms with E-state index in [0.717, 1.165) is 45.5 Å². The molecule has 0 aromatic heterocycles. The van der Waals surface area contributed by atoms with Gasteiger partial charge in [-0.15, -0.1) is 0 Å². The molecule has 0 bridgehead atoms. The quantitative estimate of drug-likeness (QED) is 0.631. The summed E-state index contributed by atoms with van der Waals surface area (Å²) >= 11 is 0. The van der Waals surface area contributed by atoms with Crippen LogP contribution in [0.2, 0.25) is 0 Å². The molecule has 1 fully saturated rings. The molecule has 0 saturated carbocycles. The first kappa shape index (κ1) is 15.4. The number of methoxy groups -OCH3 is 1. The molecule has 1 rings (SSSR count). The Kier molecular flexibility index (Phi) is 7.96. The monoisotopic (exact) mass is 259 g/mol. The summed E-state index contributed by atoms with van der Waals surface area (Å²) in [6.07, 6.45) is 3.47. The summed E-state index contributed by atoms with van der Waals surface area (Å²) in [5.41, 5.74) is 0. The number of likely N-dealkylation sites (tertiary alicyclic amines) is 1. The zero-order valence-electron chi connectivity index (χ0n) is 11.3. The summed E-state index contributed by atoms with van der Waals surface area (Å²) in [4.78, 5) is 13.0. The summed E-state index contributed by atoms with van der Waals surface area (Å²) in [6.45, 7) is 5.06. The molecule has 1 N–H and O–H groups in total. The lowest BCUT2D eigenvalue weighted by Gasteiger charge is -2.31. The van der Waals surface area contributed by atoms with Crippen molar-refractivity contribution in [1.29, 1.82) is 0 Å². The minimum atomic E-state index is -0.676. The third-order valence-electron chi connectivity index (χ3n) is 3.26. The Hall–Kier alpha value is -0.650. The van der Waals surface area contributed by atoms with Gasteiger partial charge < -0.3 is 19.5 Å². The number of carbonyl (C=O) groups is 1. The second-order valence-electron chi connectivity index (χ2n) is 4.87. The van der Waals surface area contributed by atoms with Crippen LogP contribution in [0, 0.1) is 5.92 Å². The number of piperidine rings is 1. The zero-order valence-corrected chi connectivity index (χ0v) is 11.3. The third kappa shape index (κ3) is 6.93. The van der Waals surface area contributed by atoms with Crippen LogP contribution >= 0.6 is 0 Å². The van der Waals surface area contributed by atoms with Crippen LogP contribution in [-0.4, -0.2) is 62.5 Å². The van der Waals surface area contributed by atoms with Crippen molar-refractivity contribution < 1.29 is 19.4 Å². The minimum Gasteiger partial charge on any atom is -0.481 e. The van der Waals surface area contributed by atoms with E-state index < -0.39 is 5.97 Å². The molecule has 0 aromatic carbocycles. The van der Waals surface area contributed by atoms with Crippen LogP contribution in [-0.2, 0) is 14.3 Å². The van der Waals surface area contributed by atoms with Gasteiger partial charge >= 0.3 is 5.97 Å². The number of hydrogen-bond donors (Lipinski definition) is 1. The first-order chi connectivity index (χ1) is 8.72. The second kappa shape index (κ2) is 9.30. The van der Waals surface area contributed by atoms with Gasteiger partial charge in [0.2, 0.25) is 0 Å². The molecule has 1 unspecified atom stereocenters. The van der Waals surface area contributed by atoms with Gasteiger partial charge in [0.15, 0.2) is 0 Å². The predicted octanol–water partition coefficient (Wildman–Crippen LogP) is 1.23. The van der Waals surface area contributed by atoms with Gasteiger partial charge in [0.1, 0.15) is 0 Å². The van der Waals surface area contributed by atoms with Crippen molar-refractivity contribution in [3.63, 3.8) is 0 Å². The molecule has 1 heterocycles. The Morgan fingerprint density at radius 1 is 1.39 bits per heavy atom. The van der Waals surface area contributed by atoms with Gasteiger partial charge in [-0.2, -0.15) is 0 Å². The lowest BCUT2D eigenvalue weighted by Crippen LogP contribution is -2.37. The fourth-order valence-corrected chi connectivity index (χ4v) is 2.40. The minimum absolute atomic E-state index is 0.306. The van der Waals surface area contributed by atoms with E-state index in [9.17, 15) is 4.79 Å². The van der Waals surface area contributed by atoms with Crippen molar-refractivity contribution in [3.05, 3.63) is 0 Å². The van der Waals surface area contributed by atoms with Gasteiger partial charge in [-0.25, -0.2) is 0 Å². The molecule has 0 spiro atoms. The van der Waals surface area contributed by atoms with Crippen LogP contribution in [0.1, 0.15) is 25.7 Å². The molecular weight excluding hydrogens is 234 g/mol. The van der Waals surface area contributed by atoms with Crippen molar-refractivity contribution in [2.45, 2.75) is 25.7 Å². The fourth-order valence-electron chi connectivity index (χ4n) is 2.40. The van der Waals surface area contributed by atoms with Crippen LogP contribution in [0.3, 0.4) is 0 Å². The third-order valence-corrected chi connectivity index (χ3v) is 3.26. The maximum absolute atomic E-state index is 10.7. The van der Waals surface area contributed by atoms with E-state index in [-0.39, 0.29) is 0 Å². The number of ether oxygens (including phenoxy) is 2. The first-order valence-corrected chi connectivity index (χ1v) is 6.73. The van der Waals surface area contributed by atoms with Gasteiger partial charge in [-0.1, -0.05) is 0 Å². The number of nitrogens with zero attached hydrogens (tertiary/aromatic N) is 1. The van der Waals surface area contributed by atoms with E-state index in [2.05, 4.69) is 4.90 Å². The molecular formula is C13H25NO4. The van der Waals surface area contributed by atoms with Gasteiger partial charge in [0, 0.05) is 33.2 Å². The second-order valence-corrected chi connectivity index (χ2v) is 4.87. The Morgan fingerprint density at radius 2 is 2.22 bits per heavy atom. The highest BCUT2D eigenvalue weighted by Gasteiger charge is 2.21. The van der Waals surface area contributed by atoms with Gasteiger partial charge in [-0.3, -0.25) is 4.79 Å². The lowest BCUT2D eigenvalue weighted by molar-refractivity contribution is -0.138. The molecule has 0 amide bonds. The molecule has 18 heavy (non-hydrogen) atoms. The normalized spacial score (nSPS) is 21.1. The zero-order chi connectivity index (χ0) is 13.2. The highest BCUT2D eigenvalue weighted by molar-refractivity contribution is 5.67. The molecule has 5 heteroatoms. The summed E-state index contributed by atoms with van der Waals surface area (Å²) in [5, 5.41) is 8.80. The van der Waals surface area contributed by atoms with Crippen molar-refractivity contribution >= 4 is 5.97 Å². The van der Waals surface area contributed by atoms with E-state index in [1.54, 1.807) is 7.11 Å². The largest absolute Gasteiger partial charge is 0.481 e. The van der Waals surface area contributed by atoms with Crippen LogP contribution in [0.25, 0.3) is 0 Å². The molecule has 1 atom stereocenters. The van der Waals surface area contributed by atoms with Crippen LogP contribution in [0.4, 0.5) is 0 Å². The molecule has 1 saturated heterocycles. The van der Waals surface area contributed by atoms with Gasteiger partial charge in [0.25, 0.3) is 0 Å². The topological polar surface area (TPSA) is 59.0 Å². The Labute approximate surface area is 109 Å². The van der Waals surface area contributed by atoms with E-state index >= 15 is 0 Å². The highest BCUT2D eigenvalue weighted by Crippen LogP contribution is 2.19. The average molecular weight is 259 g/mol. The molecule has 5 nitrogen and oxygen atoms in total. The standard InChI is InChI=1S/C13H25NO4/c1-17-8-9-18-7-3-6-14-5-2-4-12(11-14)10-13(15)16/h12H,2-11H2,1H3,(H,15,16). The number of carboxylic acid groups (broad SMARTS) is 1. The van der Waals surface area contributed by atoms with E-state index in [1.165, 1.54) is 0 Å². The van der Waals surface area contributed by atoms with E-state index in [0.29, 0.717) is 25.6 Å². The van der Waals surface area contributed by atoms with E-state index in [1.807, 2.05) is 0 Å². The van der Waals surface area contributed by atoms with Crippen LogP contribution in [0.15, 0.2) is 0 Å². The molecule has 1 aliphatic heterocycles. The SMILES string of the molecule is COCCOCCCN1CCCC(CC(=O)O)C1. The Morgan fingerprint density at radius 3 is 2.94 bits per heavy atom. The van der Waals surface area contributed by atoms with Crippen LogP contribution in [0.5, 0.6) is 0 Å². The van der Waals surface area contributed by atoms with Crippen molar-refractivity contribution in [1.82, 2.24) is 4.90 Å². The predicted molar refractivity (Wildman–Crippen MR) is 68.7 cm³/mol. The number of aliphatic carboxylic acids is 1. The molecule has 0 radical (unpaired) electrons. The molecule has 0 aromatic rings.